The fraction of sp³-hybridized carbons (Fsp3) is 0.286. The normalized spacial score (nSPS) is 9.18. The summed E-state index contributed by atoms with van der Waals surface area (Å²) >= 11 is 0. The van der Waals surface area contributed by atoms with E-state index in [9.17, 15) is 4.79 Å². The highest BCUT2D eigenvalue weighted by atomic mass is 16.5. The van der Waals surface area contributed by atoms with E-state index >= 15 is 0 Å². The highest BCUT2D eigenvalue weighted by Crippen LogP contribution is 1.93. The number of rotatable bonds is 2. The van der Waals surface area contributed by atoms with Crippen LogP contribution in [0.4, 0.5) is 0 Å². The van der Waals surface area contributed by atoms with Gasteiger partial charge in [0.15, 0.2) is 5.69 Å². The molecule has 1 heterocycles. The summed E-state index contributed by atoms with van der Waals surface area (Å²) in [4.78, 5) is 18.1. The van der Waals surface area contributed by atoms with Crippen molar-refractivity contribution in [1.29, 1.82) is 0 Å². The average molecular weight is 151 g/mol. The van der Waals surface area contributed by atoms with E-state index in [1.54, 1.807) is 6.92 Å². The molecule has 0 amide bonds. The molecule has 0 aromatic carbocycles. The second-order valence-corrected chi connectivity index (χ2v) is 1.75. The maximum absolute atomic E-state index is 10.9. The summed E-state index contributed by atoms with van der Waals surface area (Å²) in [6.07, 6.45) is 3.74. The molecule has 0 aliphatic carbocycles. The molecule has 0 aliphatic rings. The van der Waals surface area contributed by atoms with Crippen LogP contribution in [0.15, 0.2) is 12.4 Å². The van der Waals surface area contributed by atoms with Gasteiger partial charge in [-0.05, 0) is 13.0 Å². The van der Waals surface area contributed by atoms with E-state index in [4.69, 9.17) is 0 Å². The van der Waals surface area contributed by atoms with Crippen molar-refractivity contribution in [2.75, 3.05) is 6.61 Å². The molecule has 11 heavy (non-hydrogen) atoms. The van der Waals surface area contributed by atoms with Gasteiger partial charge in [0, 0.05) is 0 Å². The van der Waals surface area contributed by atoms with Gasteiger partial charge in [0.25, 0.3) is 0 Å². The Balaban J connectivity index is 2.69. The number of nitrogens with zero attached hydrogens (tertiary/aromatic N) is 2. The average Bonchev–Trinajstić information content (AvgIpc) is 2.07. The number of carbonyl (C=O) groups is 1. The van der Waals surface area contributed by atoms with Gasteiger partial charge >= 0.3 is 5.97 Å². The van der Waals surface area contributed by atoms with E-state index in [0.717, 1.165) is 0 Å². The fourth-order valence-corrected chi connectivity index (χ4v) is 0.577. The molecule has 4 heteroatoms. The zero-order valence-electron chi connectivity index (χ0n) is 6.07. The highest BCUT2D eigenvalue weighted by Gasteiger charge is 2.05. The fourth-order valence-electron chi connectivity index (χ4n) is 0.577. The van der Waals surface area contributed by atoms with Gasteiger partial charge in [0.2, 0.25) is 0 Å². The van der Waals surface area contributed by atoms with Crippen LogP contribution >= 0.6 is 0 Å². The van der Waals surface area contributed by atoms with E-state index in [2.05, 4.69) is 20.9 Å². The molecule has 0 unspecified atom stereocenters. The monoisotopic (exact) mass is 151 g/mol. The van der Waals surface area contributed by atoms with Gasteiger partial charge in [-0.25, -0.2) is 14.8 Å². The Morgan fingerprint density at radius 2 is 2.64 bits per heavy atom. The zero-order valence-corrected chi connectivity index (χ0v) is 6.07. The van der Waals surface area contributed by atoms with E-state index in [0.29, 0.717) is 6.61 Å². The van der Waals surface area contributed by atoms with Crippen LogP contribution in [0.2, 0.25) is 0 Å². The summed E-state index contributed by atoms with van der Waals surface area (Å²) in [5.74, 6) is -0.439. The van der Waals surface area contributed by atoms with Crippen molar-refractivity contribution in [3.05, 3.63) is 24.3 Å². The molecule has 1 rings (SSSR count). The van der Waals surface area contributed by atoms with Crippen LogP contribution in [0.25, 0.3) is 0 Å². The van der Waals surface area contributed by atoms with Gasteiger partial charge < -0.3 is 4.74 Å². The molecule has 0 aliphatic heterocycles. The minimum atomic E-state index is -0.439. The molecule has 1 aromatic rings. The van der Waals surface area contributed by atoms with E-state index < -0.39 is 5.97 Å². The second kappa shape index (κ2) is 3.65. The first kappa shape index (κ1) is 7.65. The molecule has 1 aromatic heterocycles. The summed E-state index contributed by atoms with van der Waals surface area (Å²) in [5.41, 5.74) is 0.238. The Kier molecular flexibility index (Phi) is 2.54. The van der Waals surface area contributed by atoms with Crippen molar-refractivity contribution < 1.29 is 9.53 Å². The molecule has 0 fully saturated rings. The lowest BCUT2D eigenvalue weighted by Crippen LogP contribution is -2.06. The summed E-state index contributed by atoms with van der Waals surface area (Å²) in [5, 5.41) is 0. The predicted molar refractivity (Wildman–Crippen MR) is 36.8 cm³/mol. The smallest absolute Gasteiger partial charge is 0.357 e. The number of aromatic nitrogens is 2. The summed E-state index contributed by atoms with van der Waals surface area (Å²) in [7, 11) is 0. The lowest BCUT2D eigenvalue weighted by atomic mass is 10.4. The maximum Gasteiger partial charge on any atom is 0.357 e. The van der Waals surface area contributed by atoms with Crippen molar-refractivity contribution in [3.63, 3.8) is 0 Å². The molecular weight excluding hydrogens is 144 g/mol. The van der Waals surface area contributed by atoms with Crippen LogP contribution in [-0.4, -0.2) is 22.5 Å². The van der Waals surface area contributed by atoms with Crippen molar-refractivity contribution in [3.8, 4) is 0 Å². The van der Waals surface area contributed by atoms with Crippen LogP contribution < -0.4 is 0 Å². The molecular formula is C7H7N2O2. The van der Waals surface area contributed by atoms with Crippen LogP contribution in [-0.2, 0) is 4.74 Å². The third-order valence-corrected chi connectivity index (χ3v) is 1.01. The Labute approximate surface area is 64.2 Å². The molecule has 57 valence electrons. The number of hydrogen-bond acceptors (Lipinski definition) is 4. The van der Waals surface area contributed by atoms with Gasteiger partial charge in [-0.1, -0.05) is 0 Å². The molecule has 0 spiro atoms. The van der Waals surface area contributed by atoms with Gasteiger partial charge in [0.05, 0.1) is 12.8 Å². The Bertz CT molecular complexity index is 235. The van der Waals surface area contributed by atoms with Crippen molar-refractivity contribution >= 4 is 5.97 Å². The molecule has 0 saturated heterocycles. The first-order valence-electron chi connectivity index (χ1n) is 3.19. The summed E-state index contributed by atoms with van der Waals surface area (Å²) in [6, 6.07) is 1.39. The molecule has 1 radical (unpaired) electrons. The van der Waals surface area contributed by atoms with E-state index in [-0.39, 0.29) is 5.69 Å². The number of hydrogen-bond donors (Lipinski definition) is 0. The van der Waals surface area contributed by atoms with Crippen molar-refractivity contribution in [2.24, 2.45) is 0 Å². The first-order valence-corrected chi connectivity index (χ1v) is 3.19. The molecule has 0 N–H and O–H groups in total. The van der Waals surface area contributed by atoms with Crippen molar-refractivity contribution in [1.82, 2.24) is 9.97 Å². The number of ether oxygens (including phenoxy) is 1. The SMILES string of the molecule is CCOC(=O)c1c[c]ncn1. The largest absolute Gasteiger partial charge is 0.461 e. The van der Waals surface area contributed by atoms with Gasteiger partial charge in [0.1, 0.15) is 6.33 Å². The van der Waals surface area contributed by atoms with E-state index in [1.807, 2.05) is 0 Å². The standard InChI is InChI=1S/C7H7N2O2/c1-2-11-7(10)6-3-4-8-5-9-6/h3,5H,2H2,1H3. The maximum atomic E-state index is 10.9. The third kappa shape index (κ3) is 2.00. The molecule has 4 nitrogen and oxygen atoms in total. The quantitative estimate of drug-likeness (QED) is 0.576. The number of esters is 1. The van der Waals surface area contributed by atoms with Crippen LogP contribution in [0.5, 0.6) is 0 Å². The number of carbonyl (C=O) groups excluding carboxylic acids is 1. The first-order chi connectivity index (χ1) is 5.34. The minimum Gasteiger partial charge on any atom is -0.461 e. The third-order valence-electron chi connectivity index (χ3n) is 1.01. The highest BCUT2D eigenvalue weighted by molar-refractivity contribution is 5.86. The van der Waals surface area contributed by atoms with Gasteiger partial charge in [-0.3, -0.25) is 0 Å². The molecule has 0 saturated carbocycles. The van der Waals surface area contributed by atoms with Crippen LogP contribution in [0.1, 0.15) is 17.4 Å². The lowest BCUT2D eigenvalue weighted by molar-refractivity contribution is 0.0519. The van der Waals surface area contributed by atoms with Crippen LogP contribution in [0, 0.1) is 6.20 Å². The van der Waals surface area contributed by atoms with Crippen molar-refractivity contribution in [2.45, 2.75) is 6.92 Å². The lowest BCUT2D eigenvalue weighted by Gasteiger charge is -1.97. The molecule has 0 atom stereocenters. The topological polar surface area (TPSA) is 52.1 Å². The zero-order chi connectivity index (χ0) is 8.10. The summed E-state index contributed by atoms with van der Waals surface area (Å²) in [6.45, 7) is 2.09. The van der Waals surface area contributed by atoms with Gasteiger partial charge in [-0.2, -0.15) is 0 Å². The molecule has 0 bridgehead atoms. The summed E-state index contributed by atoms with van der Waals surface area (Å²) < 4.78 is 4.68. The minimum absolute atomic E-state index is 0.238. The van der Waals surface area contributed by atoms with Crippen LogP contribution in [0.3, 0.4) is 0 Å². The van der Waals surface area contributed by atoms with E-state index in [1.165, 1.54) is 12.4 Å². The van der Waals surface area contributed by atoms with Gasteiger partial charge in [-0.15, -0.1) is 0 Å². The Morgan fingerprint density at radius 3 is 3.18 bits per heavy atom. The Morgan fingerprint density at radius 1 is 1.82 bits per heavy atom. The predicted octanol–water partition coefficient (Wildman–Crippen LogP) is 0.453. The Hall–Kier alpha value is -1.45. The second-order valence-electron chi connectivity index (χ2n) is 1.75.